The van der Waals surface area contributed by atoms with Crippen LogP contribution in [0.4, 0.5) is 4.39 Å². The summed E-state index contributed by atoms with van der Waals surface area (Å²) in [6.07, 6.45) is 5.40. The summed E-state index contributed by atoms with van der Waals surface area (Å²) in [5.41, 5.74) is 1.16. The van der Waals surface area contributed by atoms with Crippen molar-refractivity contribution in [3.63, 3.8) is 0 Å². The number of hydrogen-bond acceptors (Lipinski definition) is 2. The molecule has 0 bridgehead atoms. The van der Waals surface area contributed by atoms with Crippen LogP contribution >= 0.6 is 15.9 Å². The van der Waals surface area contributed by atoms with Crippen LogP contribution in [0.15, 0.2) is 22.7 Å². The Labute approximate surface area is 122 Å². The number of ether oxygens (including phenoxy) is 1. The van der Waals surface area contributed by atoms with E-state index in [2.05, 4.69) is 20.8 Å². The second-order valence-electron chi connectivity index (χ2n) is 5.47. The molecule has 1 aliphatic carbocycles. The van der Waals surface area contributed by atoms with E-state index in [9.17, 15) is 4.39 Å². The maximum absolute atomic E-state index is 13.1. The van der Waals surface area contributed by atoms with Crippen molar-refractivity contribution in [1.82, 2.24) is 4.90 Å². The van der Waals surface area contributed by atoms with Crippen LogP contribution in [0.1, 0.15) is 31.2 Å². The minimum atomic E-state index is -0.187. The molecule has 2 unspecified atom stereocenters. The van der Waals surface area contributed by atoms with Gasteiger partial charge < -0.3 is 4.74 Å². The molecule has 0 amide bonds. The van der Waals surface area contributed by atoms with Crippen LogP contribution in [0.3, 0.4) is 0 Å². The third-order valence-corrected chi connectivity index (χ3v) is 4.97. The fourth-order valence-corrected chi connectivity index (χ4v) is 3.72. The molecule has 0 spiro atoms. The van der Waals surface area contributed by atoms with Crippen LogP contribution in [-0.4, -0.2) is 30.2 Å². The highest BCUT2D eigenvalue weighted by Crippen LogP contribution is 2.30. The lowest BCUT2D eigenvalue weighted by Gasteiger charge is -2.44. The minimum Gasteiger partial charge on any atom is -0.375 e. The molecule has 4 heteroatoms. The predicted octanol–water partition coefficient (Wildman–Crippen LogP) is 3.73. The molecule has 1 saturated carbocycles. The van der Waals surface area contributed by atoms with E-state index in [4.69, 9.17) is 4.74 Å². The van der Waals surface area contributed by atoms with E-state index < -0.39 is 0 Å². The monoisotopic (exact) mass is 327 g/mol. The average Bonchev–Trinajstić information content (AvgIpc) is 2.42. The zero-order valence-corrected chi connectivity index (χ0v) is 12.5. The van der Waals surface area contributed by atoms with Gasteiger partial charge in [-0.05, 0) is 30.5 Å². The maximum Gasteiger partial charge on any atom is 0.124 e. The Morgan fingerprint density at radius 3 is 3.00 bits per heavy atom. The lowest BCUT2D eigenvalue weighted by atomic mass is 9.90. The second kappa shape index (κ2) is 5.90. The third-order valence-electron chi connectivity index (χ3n) is 4.24. The van der Waals surface area contributed by atoms with Crippen LogP contribution in [0, 0.1) is 5.82 Å². The number of nitrogens with zero attached hydrogens (tertiary/aromatic N) is 1. The molecular formula is C15H19BrFNO. The molecule has 2 fully saturated rings. The van der Waals surface area contributed by atoms with Gasteiger partial charge in [0, 0.05) is 23.6 Å². The van der Waals surface area contributed by atoms with E-state index in [1.165, 1.54) is 25.7 Å². The average molecular weight is 328 g/mol. The largest absolute Gasteiger partial charge is 0.375 e. The van der Waals surface area contributed by atoms with Gasteiger partial charge in [0.1, 0.15) is 5.82 Å². The van der Waals surface area contributed by atoms with Crippen molar-refractivity contribution in [2.75, 3.05) is 13.2 Å². The van der Waals surface area contributed by atoms with E-state index >= 15 is 0 Å². The fraction of sp³-hybridized carbons (Fsp3) is 0.600. The summed E-state index contributed by atoms with van der Waals surface area (Å²) < 4.78 is 19.9. The first-order valence-corrected chi connectivity index (χ1v) is 7.83. The summed E-state index contributed by atoms with van der Waals surface area (Å²) in [5.74, 6) is -0.187. The van der Waals surface area contributed by atoms with Gasteiger partial charge in [-0.2, -0.15) is 0 Å². The van der Waals surface area contributed by atoms with Gasteiger partial charge >= 0.3 is 0 Å². The topological polar surface area (TPSA) is 12.5 Å². The van der Waals surface area contributed by atoms with Gasteiger partial charge in [0.2, 0.25) is 0 Å². The number of hydrogen-bond donors (Lipinski definition) is 0. The quantitative estimate of drug-likeness (QED) is 0.820. The van der Waals surface area contributed by atoms with E-state index in [0.29, 0.717) is 12.1 Å². The molecular weight excluding hydrogens is 309 g/mol. The zero-order valence-electron chi connectivity index (χ0n) is 10.9. The normalized spacial score (nSPS) is 28.1. The summed E-state index contributed by atoms with van der Waals surface area (Å²) in [6.45, 7) is 2.68. The molecule has 1 saturated heterocycles. The smallest absolute Gasteiger partial charge is 0.124 e. The van der Waals surface area contributed by atoms with Crippen LogP contribution in [0.5, 0.6) is 0 Å². The predicted molar refractivity (Wildman–Crippen MR) is 76.5 cm³/mol. The molecule has 2 atom stereocenters. The Morgan fingerprint density at radius 2 is 2.16 bits per heavy atom. The molecule has 2 aliphatic rings. The Balaban J connectivity index is 1.74. The Morgan fingerprint density at radius 1 is 1.32 bits per heavy atom. The summed E-state index contributed by atoms with van der Waals surface area (Å²) in [7, 11) is 0. The highest BCUT2D eigenvalue weighted by molar-refractivity contribution is 9.10. The van der Waals surface area contributed by atoms with Crippen LogP contribution < -0.4 is 0 Å². The molecule has 3 rings (SSSR count). The van der Waals surface area contributed by atoms with Crippen molar-refractivity contribution in [2.24, 2.45) is 0 Å². The summed E-state index contributed by atoms with van der Waals surface area (Å²) in [4.78, 5) is 2.51. The molecule has 2 nitrogen and oxygen atoms in total. The molecule has 1 heterocycles. The van der Waals surface area contributed by atoms with Gasteiger partial charge in [-0.3, -0.25) is 4.90 Å². The van der Waals surface area contributed by atoms with Crippen molar-refractivity contribution in [1.29, 1.82) is 0 Å². The van der Waals surface area contributed by atoms with Crippen LogP contribution in [0.2, 0.25) is 0 Å². The Bertz CT molecular complexity index is 452. The number of halogens is 2. The number of morpholine rings is 1. The molecule has 104 valence electrons. The van der Waals surface area contributed by atoms with Crippen molar-refractivity contribution in [2.45, 2.75) is 44.4 Å². The first-order valence-electron chi connectivity index (χ1n) is 7.03. The van der Waals surface area contributed by atoms with Gasteiger partial charge in [0.25, 0.3) is 0 Å². The van der Waals surface area contributed by atoms with Crippen LogP contribution in [0.25, 0.3) is 0 Å². The highest BCUT2D eigenvalue weighted by atomic mass is 79.9. The third kappa shape index (κ3) is 3.01. The molecule has 19 heavy (non-hydrogen) atoms. The lowest BCUT2D eigenvalue weighted by molar-refractivity contribution is -0.0911. The first kappa shape index (κ1) is 13.5. The Hall–Kier alpha value is -0.450. The molecule has 0 radical (unpaired) electrons. The SMILES string of the molecule is Fc1ccc(CN2CCOC3CCCCC32)c(Br)c1. The van der Waals surface area contributed by atoms with E-state index in [1.54, 1.807) is 12.1 Å². The van der Waals surface area contributed by atoms with Crippen molar-refractivity contribution in [3.05, 3.63) is 34.1 Å². The van der Waals surface area contributed by atoms with Gasteiger partial charge in [-0.1, -0.05) is 34.8 Å². The van der Waals surface area contributed by atoms with Gasteiger partial charge in [0.15, 0.2) is 0 Å². The standard InChI is InChI=1S/C15H19BrFNO/c16-13-9-12(17)6-5-11(13)10-18-7-8-19-15-4-2-1-3-14(15)18/h5-6,9,14-15H,1-4,7-8,10H2. The number of rotatable bonds is 2. The van der Waals surface area contributed by atoms with Crippen molar-refractivity contribution in [3.8, 4) is 0 Å². The summed E-state index contributed by atoms with van der Waals surface area (Å²) in [5, 5.41) is 0. The van der Waals surface area contributed by atoms with E-state index in [1.807, 2.05) is 6.07 Å². The molecule has 1 aliphatic heterocycles. The highest BCUT2D eigenvalue weighted by Gasteiger charge is 2.34. The fourth-order valence-electron chi connectivity index (χ4n) is 3.24. The number of fused-ring (bicyclic) bond motifs is 1. The molecule has 0 N–H and O–H groups in total. The molecule has 1 aromatic rings. The van der Waals surface area contributed by atoms with Crippen molar-refractivity contribution >= 4 is 15.9 Å². The molecule has 1 aromatic carbocycles. The summed E-state index contributed by atoms with van der Waals surface area (Å²) in [6, 6.07) is 5.51. The maximum atomic E-state index is 13.1. The van der Waals surface area contributed by atoms with Crippen molar-refractivity contribution < 1.29 is 9.13 Å². The van der Waals surface area contributed by atoms with Gasteiger partial charge in [-0.15, -0.1) is 0 Å². The first-order chi connectivity index (χ1) is 9.24. The van der Waals surface area contributed by atoms with Gasteiger partial charge in [0.05, 0.1) is 12.7 Å². The minimum absolute atomic E-state index is 0.187. The second-order valence-corrected chi connectivity index (χ2v) is 6.32. The lowest BCUT2D eigenvalue weighted by Crippen LogP contribution is -2.52. The molecule has 0 aromatic heterocycles. The van der Waals surface area contributed by atoms with E-state index in [0.717, 1.165) is 29.7 Å². The van der Waals surface area contributed by atoms with Crippen LogP contribution in [-0.2, 0) is 11.3 Å². The van der Waals surface area contributed by atoms with Gasteiger partial charge in [-0.25, -0.2) is 4.39 Å². The summed E-state index contributed by atoms with van der Waals surface area (Å²) >= 11 is 3.46. The zero-order chi connectivity index (χ0) is 13.2. The Kier molecular flexibility index (Phi) is 4.20. The van der Waals surface area contributed by atoms with E-state index in [-0.39, 0.29) is 5.82 Å². The number of benzene rings is 1.